The largest absolute Gasteiger partial charge is 0.493 e. The van der Waals surface area contributed by atoms with Crippen molar-refractivity contribution in [3.63, 3.8) is 0 Å². The summed E-state index contributed by atoms with van der Waals surface area (Å²) < 4.78 is 10.8. The van der Waals surface area contributed by atoms with Crippen molar-refractivity contribution in [3.05, 3.63) is 23.3 Å². The summed E-state index contributed by atoms with van der Waals surface area (Å²) in [4.78, 5) is 2.52. The van der Waals surface area contributed by atoms with Crippen LogP contribution < -0.4 is 15.2 Å². The minimum absolute atomic E-state index is 0.228. The Morgan fingerprint density at radius 2 is 1.89 bits per heavy atom. The highest BCUT2D eigenvalue weighted by atomic mass is 16.5. The van der Waals surface area contributed by atoms with Crippen molar-refractivity contribution in [1.29, 1.82) is 0 Å². The van der Waals surface area contributed by atoms with Gasteiger partial charge in [-0.05, 0) is 49.1 Å². The van der Waals surface area contributed by atoms with Gasteiger partial charge in [-0.1, -0.05) is 0 Å². The second kappa shape index (κ2) is 5.02. The maximum absolute atomic E-state index is 6.35. The third kappa shape index (κ3) is 2.09. The lowest BCUT2D eigenvalue weighted by Crippen LogP contribution is -2.48. The average molecular weight is 262 g/mol. The first kappa shape index (κ1) is 12.8. The minimum atomic E-state index is 0.228. The van der Waals surface area contributed by atoms with Crippen LogP contribution in [0.25, 0.3) is 0 Å². The van der Waals surface area contributed by atoms with E-state index in [1.165, 1.54) is 17.5 Å². The normalized spacial score (nSPS) is 26.5. The molecule has 0 radical (unpaired) electrons. The zero-order valence-corrected chi connectivity index (χ0v) is 11.7. The van der Waals surface area contributed by atoms with Crippen LogP contribution in [0.3, 0.4) is 0 Å². The Balaban J connectivity index is 2.05. The molecule has 0 bridgehead atoms. The molecule has 19 heavy (non-hydrogen) atoms. The van der Waals surface area contributed by atoms with E-state index in [9.17, 15) is 0 Å². The quantitative estimate of drug-likeness (QED) is 0.881. The van der Waals surface area contributed by atoms with Crippen molar-refractivity contribution in [2.45, 2.75) is 31.3 Å². The monoisotopic (exact) mass is 262 g/mol. The molecule has 1 fully saturated rings. The summed E-state index contributed by atoms with van der Waals surface area (Å²) in [6, 6.07) is 4.81. The van der Waals surface area contributed by atoms with Crippen LogP contribution in [-0.4, -0.2) is 38.3 Å². The van der Waals surface area contributed by atoms with E-state index in [0.29, 0.717) is 6.04 Å². The molecule has 0 aliphatic carbocycles. The summed E-state index contributed by atoms with van der Waals surface area (Å²) in [6.45, 7) is 2.26. The number of rotatable bonds is 2. The average Bonchev–Trinajstić information content (AvgIpc) is 2.45. The fourth-order valence-electron chi connectivity index (χ4n) is 3.47. The Morgan fingerprint density at radius 3 is 2.63 bits per heavy atom. The molecule has 4 nitrogen and oxygen atoms in total. The van der Waals surface area contributed by atoms with E-state index < -0.39 is 0 Å². The minimum Gasteiger partial charge on any atom is -0.493 e. The molecule has 1 aromatic carbocycles. The van der Waals surface area contributed by atoms with Crippen molar-refractivity contribution < 1.29 is 9.47 Å². The van der Waals surface area contributed by atoms with Gasteiger partial charge in [-0.2, -0.15) is 0 Å². The maximum Gasteiger partial charge on any atom is 0.161 e. The molecule has 2 heterocycles. The summed E-state index contributed by atoms with van der Waals surface area (Å²) in [6.07, 6.45) is 3.38. The van der Waals surface area contributed by atoms with E-state index >= 15 is 0 Å². The number of piperidine rings is 1. The Bertz CT molecular complexity index is 475. The van der Waals surface area contributed by atoms with Crippen LogP contribution in [0.15, 0.2) is 12.1 Å². The Kier molecular flexibility index (Phi) is 3.37. The molecule has 2 N–H and O–H groups in total. The van der Waals surface area contributed by atoms with Gasteiger partial charge in [0, 0.05) is 12.6 Å². The summed E-state index contributed by atoms with van der Waals surface area (Å²) in [7, 11) is 3.37. The molecule has 104 valence electrons. The van der Waals surface area contributed by atoms with Gasteiger partial charge in [-0.15, -0.1) is 0 Å². The molecule has 0 aromatic heterocycles. The van der Waals surface area contributed by atoms with Crippen LogP contribution in [0.1, 0.15) is 30.0 Å². The molecular formula is C15H22N2O2. The zero-order chi connectivity index (χ0) is 13.4. The lowest BCUT2D eigenvalue weighted by molar-refractivity contribution is 0.118. The number of hydrogen-bond donors (Lipinski definition) is 1. The first-order chi connectivity index (χ1) is 9.24. The molecule has 0 saturated carbocycles. The fourth-order valence-corrected chi connectivity index (χ4v) is 3.47. The van der Waals surface area contributed by atoms with Crippen LogP contribution in [0, 0.1) is 0 Å². The van der Waals surface area contributed by atoms with Crippen molar-refractivity contribution in [3.8, 4) is 11.5 Å². The highest BCUT2D eigenvalue weighted by molar-refractivity contribution is 5.50. The van der Waals surface area contributed by atoms with Crippen LogP contribution >= 0.6 is 0 Å². The van der Waals surface area contributed by atoms with Gasteiger partial charge in [0.15, 0.2) is 11.5 Å². The van der Waals surface area contributed by atoms with Crippen molar-refractivity contribution in [2.75, 3.05) is 27.3 Å². The van der Waals surface area contributed by atoms with Crippen molar-refractivity contribution in [1.82, 2.24) is 4.90 Å². The summed E-state index contributed by atoms with van der Waals surface area (Å²) in [5, 5.41) is 0. The van der Waals surface area contributed by atoms with Gasteiger partial charge in [0.2, 0.25) is 0 Å². The van der Waals surface area contributed by atoms with E-state index in [0.717, 1.165) is 37.4 Å². The van der Waals surface area contributed by atoms with Gasteiger partial charge in [0.1, 0.15) is 0 Å². The van der Waals surface area contributed by atoms with Crippen molar-refractivity contribution in [2.24, 2.45) is 5.73 Å². The van der Waals surface area contributed by atoms with E-state index in [1.807, 2.05) is 0 Å². The SMILES string of the molecule is COc1cc2c(cc1OC)[C@@H]1[C@@H](N)CCCN1CC2. The van der Waals surface area contributed by atoms with Gasteiger partial charge in [-0.25, -0.2) is 0 Å². The lowest BCUT2D eigenvalue weighted by Gasteiger charge is -2.44. The third-order valence-corrected chi connectivity index (χ3v) is 4.41. The molecule has 1 saturated heterocycles. The number of fused-ring (bicyclic) bond motifs is 3. The number of hydrogen-bond acceptors (Lipinski definition) is 4. The number of benzene rings is 1. The molecule has 0 amide bonds. The third-order valence-electron chi connectivity index (χ3n) is 4.41. The molecule has 0 unspecified atom stereocenters. The van der Waals surface area contributed by atoms with Crippen LogP contribution in [0.4, 0.5) is 0 Å². The first-order valence-corrected chi connectivity index (χ1v) is 6.99. The smallest absolute Gasteiger partial charge is 0.161 e. The van der Waals surface area contributed by atoms with E-state index in [-0.39, 0.29) is 6.04 Å². The van der Waals surface area contributed by atoms with Gasteiger partial charge in [-0.3, -0.25) is 4.90 Å². The molecule has 0 spiro atoms. The topological polar surface area (TPSA) is 47.7 Å². The predicted molar refractivity (Wildman–Crippen MR) is 74.8 cm³/mol. The second-order valence-electron chi connectivity index (χ2n) is 5.44. The molecule has 4 heteroatoms. The molecule has 2 atom stereocenters. The molecule has 2 aliphatic rings. The van der Waals surface area contributed by atoms with Gasteiger partial charge in [0.25, 0.3) is 0 Å². The highest BCUT2D eigenvalue weighted by Crippen LogP contribution is 2.41. The number of ether oxygens (including phenoxy) is 2. The summed E-state index contributed by atoms with van der Waals surface area (Å²) >= 11 is 0. The highest BCUT2D eigenvalue weighted by Gasteiger charge is 2.35. The van der Waals surface area contributed by atoms with E-state index in [4.69, 9.17) is 15.2 Å². The predicted octanol–water partition coefficient (Wildman–Crippen LogP) is 1.72. The van der Waals surface area contributed by atoms with Gasteiger partial charge >= 0.3 is 0 Å². The fraction of sp³-hybridized carbons (Fsp3) is 0.600. The molecular weight excluding hydrogens is 240 g/mol. The van der Waals surface area contributed by atoms with Gasteiger partial charge in [0.05, 0.1) is 20.3 Å². The molecule has 2 aliphatic heterocycles. The summed E-state index contributed by atoms with van der Waals surface area (Å²) in [5.74, 6) is 1.62. The van der Waals surface area contributed by atoms with Crippen molar-refractivity contribution >= 4 is 0 Å². The number of nitrogens with zero attached hydrogens (tertiary/aromatic N) is 1. The number of methoxy groups -OCH3 is 2. The molecule has 1 aromatic rings. The Morgan fingerprint density at radius 1 is 1.16 bits per heavy atom. The first-order valence-electron chi connectivity index (χ1n) is 6.99. The Labute approximate surface area is 114 Å². The maximum atomic E-state index is 6.35. The lowest BCUT2D eigenvalue weighted by atomic mass is 9.84. The standard InChI is InChI=1S/C15H22N2O2/c1-18-13-8-10-5-7-17-6-3-4-12(16)15(17)11(10)9-14(13)19-2/h8-9,12,15H,3-7,16H2,1-2H3/t12-,15+/m0/s1. The van der Waals surface area contributed by atoms with Crippen LogP contribution in [0.5, 0.6) is 11.5 Å². The van der Waals surface area contributed by atoms with E-state index in [2.05, 4.69) is 17.0 Å². The Hall–Kier alpha value is -1.26. The molecule has 3 rings (SSSR count). The second-order valence-corrected chi connectivity index (χ2v) is 5.44. The van der Waals surface area contributed by atoms with Crippen LogP contribution in [-0.2, 0) is 6.42 Å². The van der Waals surface area contributed by atoms with Crippen LogP contribution in [0.2, 0.25) is 0 Å². The number of nitrogens with two attached hydrogens (primary N) is 1. The summed E-state index contributed by atoms with van der Waals surface area (Å²) in [5.41, 5.74) is 9.04. The van der Waals surface area contributed by atoms with Gasteiger partial charge < -0.3 is 15.2 Å². The van der Waals surface area contributed by atoms with E-state index in [1.54, 1.807) is 14.2 Å². The zero-order valence-electron chi connectivity index (χ0n) is 11.7.